The van der Waals surface area contributed by atoms with Crippen molar-refractivity contribution in [2.45, 2.75) is 19.8 Å². The Morgan fingerprint density at radius 3 is 2.15 bits per heavy atom. The quantitative estimate of drug-likeness (QED) is 0.801. The van der Waals surface area contributed by atoms with Crippen LogP contribution >= 0.6 is 11.6 Å². The number of hydrogen-bond donors (Lipinski definition) is 0. The summed E-state index contributed by atoms with van der Waals surface area (Å²) in [5.41, 5.74) is 2.43. The summed E-state index contributed by atoms with van der Waals surface area (Å²) in [6.45, 7) is 4.10. The van der Waals surface area contributed by atoms with Gasteiger partial charge in [-0.05, 0) is 18.1 Å². The lowest BCUT2D eigenvalue weighted by atomic mass is 9.97. The minimum absolute atomic E-state index is 0.188. The molecular weight excluding hydrogens is 276 g/mol. The Balaban J connectivity index is 2.77. The summed E-state index contributed by atoms with van der Waals surface area (Å²) in [6, 6.07) is 5.62. The van der Waals surface area contributed by atoms with Gasteiger partial charge in [0.1, 0.15) is 23.0 Å². The lowest BCUT2D eigenvalue weighted by Crippen LogP contribution is -2.02. The Labute approximate surface area is 123 Å². The van der Waals surface area contributed by atoms with Gasteiger partial charge in [0.05, 0.1) is 25.5 Å². The van der Waals surface area contributed by atoms with E-state index >= 15 is 0 Å². The van der Waals surface area contributed by atoms with E-state index in [4.69, 9.17) is 21.1 Å². The molecule has 20 heavy (non-hydrogen) atoms. The number of hydrogen-bond acceptors (Lipinski definition) is 4. The van der Waals surface area contributed by atoms with E-state index in [0.29, 0.717) is 16.7 Å². The minimum atomic E-state index is 0.188. The van der Waals surface area contributed by atoms with Crippen LogP contribution < -0.4 is 9.47 Å². The number of rotatable bonds is 4. The van der Waals surface area contributed by atoms with Crippen molar-refractivity contribution in [2.75, 3.05) is 14.2 Å². The maximum Gasteiger partial charge on any atom is 0.136 e. The predicted octanol–water partition coefficient (Wildman–Crippen LogP) is 3.94. The highest BCUT2D eigenvalue weighted by atomic mass is 35.5. The van der Waals surface area contributed by atoms with Crippen molar-refractivity contribution in [1.82, 2.24) is 9.97 Å². The molecule has 0 amide bonds. The van der Waals surface area contributed by atoms with Crippen molar-refractivity contribution in [3.05, 3.63) is 35.2 Å². The van der Waals surface area contributed by atoms with Gasteiger partial charge in [0.25, 0.3) is 0 Å². The summed E-state index contributed by atoms with van der Waals surface area (Å²) >= 11 is 6.23. The SMILES string of the molecule is COc1cccc(OC)c1-c1ncnc(Cl)c1C(C)C. The van der Waals surface area contributed by atoms with Crippen LogP contribution in [0, 0.1) is 0 Å². The van der Waals surface area contributed by atoms with Gasteiger partial charge < -0.3 is 9.47 Å². The van der Waals surface area contributed by atoms with Crippen LogP contribution in [0.5, 0.6) is 11.5 Å². The fraction of sp³-hybridized carbons (Fsp3) is 0.333. The second-order valence-electron chi connectivity index (χ2n) is 4.62. The highest BCUT2D eigenvalue weighted by Crippen LogP contribution is 2.41. The molecule has 0 bridgehead atoms. The van der Waals surface area contributed by atoms with Gasteiger partial charge in [-0.25, -0.2) is 9.97 Å². The second-order valence-corrected chi connectivity index (χ2v) is 4.98. The predicted molar refractivity (Wildman–Crippen MR) is 79.7 cm³/mol. The van der Waals surface area contributed by atoms with Crippen LogP contribution in [0.4, 0.5) is 0 Å². The summed E-state index contributed by atoms with van der Waals surface area (Å²) in [4.78, 5) is 8.46. The molecule has 106 valence electrons. The molecule has 0 fully saturated rings. The number of halogens is 1. The maximum absolute atomic E-state index is 6.23. The van der Waals surface area contributed by atoms with Gasteiger partial charge in [-0.2, -0.15) is 0 Å². The zero-order chi connectivity index (χ0) is 14.7. The van der Waals surface area contributed by atoms with Gasteiger partial charge in [0.2, 0.25) is 0 Å². The highest BCUT2D eigenvalue weighted by Gasteiger charge is 2.21. The molecule has 0 radical (unpaired) electrons. The van der Waals surface area contributed by atoms with E-state index in [2.05, 4.69) is 23.8 Å². The molecule has 0 saturated carbocycles. The van der Waals surface area contributed by atoms with Crippen molar-refractivity contribution in [1.29, 1.82) is 0 Å². The van der Waals surface area contributed by atoms with Crippen LogP contribution in [0.3, 0.4) is 0 Å². The first-order valence-corrected chi connectivity index (χ1v) is 6.69. The third kappa shape index (κ3) is 2.56. The largest absolute Gasteiger partial charge is 0.496 e. The first-order chi connectivity index (χ1) is 9.60. The summed E-state index contributed by atoms with van der Waals surface area (Å²) < 4.78 is 10.9. The normalized spacial score (nSPS) is 10.7. The molecule has 0 aliphatic rings. The molecule has 2 rings (SSSR count). The van der Waals surface area contributed by atoms with E-state index in [1.807, 2.05) is 18.2 Å². The van der Waals surface area contributed by atoms with Gasteiger partial charge in [-0.15, -0.1) is 0 Å². The maximum atomic E-state index is 6.23. The van der Waals surface area contributed by atoms with E-state index in [9.17, 15) is 0 Å². The van der Waals surface area contributed by atoms with Crippen LogP contribution in [0.15, 0.2) is 24.5 Å². The average molecular weight is 293 g/mol. The lowest BCUT2D eigenvalue weighted by Gasteiger charge is -2.17. The van der Waals surface area contributed by atoms with Crippen LogP contribution in [0.2, 0.25) is 5.15 Å². The minimum Gasteiger partial charge on any atom is -0.496 e. The third-order valence-electron chi connectivity index (χ3n) is 3.08. The van der Waals surface area contributed by atoms with Crippen LogP contribution in [-0.2, 0) is 0 Å². The van der Waals surface area contributed by atoms with Crippen molar-refractivity contribution >= 4 is 11.6 Å². The van der Waals surface area contributed by atoms with Gasteiger partial charge in [-0.3, -0.25) is 0 Å². The van der Waals surface area contributed by atoms with Crippen LogP contribution in [-0.4, -0.2) is 24.2 Å². The fourth-order valence-corrected chi connectivity index (χ4v) is 2.52. The van der Waals surface area contributed by atoms with E-state index in [0.717, 1.165) is 16.8 Å². The molecule has 2 aromatic rings. The molecule has 1 heterocycles. The molecule has 1 aromatic heterocycles. The molecule has 0 aliphatic heterocycles. The number of aromatic nitrogens is 2. The van der Waals surface area contributed by atoms with Crippen LogP contribution in [0.1, 0.15) is 25.3 Å². The summed E-state index contributed by atoms with van der Waals surface area (Å²) in [6.07, 6.45) is 1.45. The van der Waals surface area contributed by atoms with Crippen molar-refractivity contribution < 1.29 is 9.47 Å². The standard InChI is InChI=1S/C15H17ClN2O2/c1-9(2)12-14(17-8-18-15(12)16)13-10(19-3)6-5-7-11(13)20-4/h5-9H,1-4H3. The summed E-state index contributed by atoms with van der Waals surface area (Å²) in [5.74, 6) is 1.58. The third-order valence-corrected chi connectivity index (χ3v) is 3.38. The molecule has 0 unspecified atom stereocenters. The molecule has 4 nitrogen and oxygen atoms in total. The van der Waals surface area contributed by atoms with Gasteiger partial charge in [0, 0.05) is 5.56 Å². The Hall–Kier alpha value is -1.81. The molecule has 0 saturated heterocycles. The zero-order valence-electron chi connectivity index (χ0n) is 12.0. The Morgan fingerprint density at radius 2 is 1.65 bits per heavy atom. The van der Waals surface area contributed by atoms with Crippen molar-refractivity contribution in [3.8, 4) is 22.8 Å². The van der Waals surface area contributed by atoms with E-state index in [1.54, 1.807) is 14.2 Å². The van der Waals surface area contributed by atoms with Crippen molar-refractivity contribution in [3.63, 3.8) is 0 Å². The number of methoxy groups -OCH3 is 2. The molecule has 1 aromatic carbocycles. The van der Waals surface area contributed by atoms with Gasteiger partial charge >= 0.3 is 0 Å². The second kappa shape index (κ2) is 6.09. The first-order valence-electron chi connectivity index (χ1n) is 6.31. The van der Waals surface area contributed by atoms with Gasteiger partial charge in [0.15, 0.2) is 0 Å². The topological polar surface area (TPSA) is 44.2 Å². The monoisotopic (exact) mass is 292 g/mol. The molecule has 0 atom stereocenters. The highest BCUT2D eigenvalue weighted by molar-refractivity contribution is 6.30. The zero-order valence-corrected chi connectivity index (χ0v) is 12.7. The average Bonchev–Trinajstić information content (AvgIpc) is 2.45. The van der Waals surface area contributed by atoms with E-state index < -0.39 is 0 Å². The van der Waals surface area contributed by atoms with Crippen LogP contribution in [0.25, 0.3) is 11.3 Å². The Kier molecular flexibility index (Phi) is 4.45. The van der Waals surface area contributed by atoms with E-state index in [-0.39, 0.29) is 5.92 Å². The van der Waals surface area contributed by atoms with E-state index in [1.165, 1.54) is 6.33 Å². The lowest BCUT2D eigenvalue weighted by molar-refractivity contribution is 0.397. The molecule has 0 aliphatic carbocycles. The molecule has 5 heteroatoms. The van der Waals surface area contributed by atoms with Gasteiger partial charge in [-0.1, -0.05) is 31.5 Å². The van der Waals surface area contributed by atoms with Crippen molar-refractivity contribution in [2.24, 2.45) is 0 Å². The smallest absolute Gasteiger partial charge is 0.136 e. The fourth-order valence-electron chi connectivity index (χ4n) is 2.17. The number of benzene rings is 1. The first kappa shape index (κ1) is 14.6. The summed E-state index contributed by atoms with van der Waals surface area (Å²) in [7, 11) is 3.24. The number of nitrogens with zero attached hydrogens (tertiary/aromatic N) is 2. The Morgan fingerprint density at radius 1 is 1.05 bits per heavy atom. The molecule has 0 spiro atoms. The Bertz CT molecular complexity index is 593. The molecule has 0 N–H and O–H groups in total. The molecular formula is C15H17ClN2O2. The summed E-state index contributed by atoms with van der Waals surface area (Å²) in [5, 5.41) is 0.456. The number of ether oxygens (including phenoxy) is 2.